The van der Waals surface area contributed by atoms with Crippen molar-refractivity contribution in [2.75, 3.05) is 36.6 Å². The molecule has 0 saturated carbocycles. The summed E-state index contributed by atoms with van der Waals surface area (Å²) in [6, 6.07) is 7.97. The summed E-state index contributed by atoms with van der Waals surface area (Å²) >= 11 is 2.26. The Morgan fingerprint density at radius 3 is 2.60 bits per heavy atom. The number of aromatic nitrogens is 2. The van der Waals surface area contributed by atoms with Crippen molar-refractivity contribution in [2.45, 2.75) is 0 Å². The molecule has 0 aliphatic rings. The largest absolute Gasteiger partial charge is 0.393 e. The van der Waals surface area contributed by atoms with E-state index in [0.717, 1.165) is 5.69 Å². The minimum atomic E-state index is 0.488. The monoisotopic (exact) mass is 385 g/mol. The quantitative estimate of drug-likeness (QED) is 0.523. The Kier molecular flexibility index (Phi) is 5.36. The van der Waals surface area contributed by atoms with Gasteiger partial charge in [-0.1, -0.05) is 0 Å². The predicted octanol–water partition coefficient (Wildman–Crippen LogP) is 2.47. The number of methoxy groups -OCH3 is 1. The summed E-state index contributed by atoms with van der Waals surface area (Å²) in [6.45, 7) is 1.23. The van der Waals surface area contributed by atoms with Crippen LogP contribution in [0.1, 0.15) is 0 Å². The molecule has 0 aliphatic heterocycles. The Hall–Kier alpha value is -1.61. The third-order valence-electron chi connectivity index (χ3n) is 2.59. The van der Waals surface area contributed by atoms with E-state index in [9.17, 15) is 0 Å². The zero-order chi connectivity index (χ0) is 14.4. The van der Waals surface area contributed by atoms with Crippen LogP contribution in [0.2, 0.25) is 0 Å². The van der Waals surface area contributed by atoms with Gasteiger partial charge in [-0.2, -0.15) is 0 Å². The van der Waals surface area contributed by atoms with Crippen molar-refractivity contribution in [2.24, 2.45) is 0 Å². The van der Waals surface area contributed by atoms with E-state index < -0.39 is 0 Å². The first kappa shape index (κ1) is 14.8. The van der Waals surface area contributed by atoms with Crippen molar-refractivity contribution in [1.29, 1.82) is 0 Å². The Bertz CT molecular complexity index is 561. The molecule has 7 heteroatoms. The fraction of sp³-hybridized carbons (Fsp3) is 0.231. The van der Waals surface area contributed by atoms with Gasteiger partial charge in [-0.15, -0.1) is 0 Å². The number of nitrogens with zero attached hydrogens (tertiary/aromatic N) is 2. The Morgan fingerprint density at radius 1 is 1.20 bits per heavy atom. The number of nitrogens with two attached hydrogens (primary N) is 1. The summed E-state index contributed by atoms with van der Waals surface area (Å²) in [6.07, 6.45) is 1.47. The molecule has 4 N–H and O–H groups in total. The molecule has 106 valence electrons. The van der Waals surface area contributed by atoms with Crippen LogP contribution in [0, 0.1) is 3.57 Å². The van der Waals surface area contributed by atoms with Crippen LogP contribution >= 0.6 is 22.6 Å². The average molecular weight is 385 g/mol. The van der Waals surface area contributed by atoms with Gasteiger partial charge in [0.25, 0.3) is 0 Å². The third-order valence-corrected chi connectivity index (χ3v) is 3.31. The highest BCUT2D eigenvalue weighted by Gasteiger charge is 2.07. The molecule has 0 radical (unpaired) electrons. The minimum absolute atomic E-state index is 0.488. The first-order valence-electron chi connectivity index (χ1n) is 6.06. The summed E-state index contributed by atoms with van der Waals surface area (Å²) in [5, 5.41) is 6.29. The van der Waals surface area contributed by atoms with Crippen molar-refractivity contribution in [3.63, 3.8) is 0 Å². The maximum absolute atomic E-state index is 6.05. The standard InChI is InChI=1S/C13H16IN5O/c1-20-7-6-16-12-11(15)13(18-8-17-12)19-10-4-2-9(14)3-5-10/h2-5,8H,6-7,15H2,1H3,(H2,16,17,18,19). The van der Waals surface area contributed by atoms with Gasteiger partial charge in [0, 0.05) is 22.9 Å². The fourth-order valence-corrected chi connectivity index (χ4v) is 1.94. The molecule has 0 bridgehead atoms. The highest BCUT2D eigenvalue weighted by molar-refractivity contribution is 14.1. The molecule has 2 rings (SSSR count). The van der Waals surface area contributed by atoms with Crippen molar-refractivity contribution in [3.05, 3.63) is 34.2 Å². The number of hydrogen-bond acceptors (Lipinski definition) is 6. The molecular weight excluding hydrogens is 369 g/mol. The van der Waals surface area contributed by atoms with E-state index in [1.54, 1.807) is 7.11 Å². The van der Waals surface area contributed by atoms with Gasteiger partial charge in [0.15, 0.2) is 11.6 Å². The first-order chi connectivity index (χ1) is 9.70. The van der Waals surface area contributed by atoms with Gasteiger partial charge in [-0.25, -0.2) is 9.97 Å². The van der Waals surface area contributed by atoms with Crippen LogP contribution in [0.25, 0.3) is 0 Å². The second-order valence-corrected chi connectivity index (χ2v) is 5.28. The second-order valence-electron chi connectivity index (χ2n) is 4.04. The number of hydrogen-bond donors (Lipinski definition) is 3. The van der Waals surface area contributed by atoms with Crippen LogP contribution in [0.5, 0.6) is 0 Å². The third kappa shape index (κ3) is 3.94. The highest BCUT2D eigenvalue weighted by Crippen LogP contribution is 2.25. The van der Waals surface area contributed by atoms with Crippen LogP contribution < -0.4 is 16.4 Å². The lowest BCUT2D eigenvalue weighted by molar-refractivity contribution is 0.210. The predicted molar refractivity (Wildman–Crippen MR) is 89.3 cm³/mol. The molecule has 1 heterocycles. The SMILES string of the molecule is COCCNc1ncnc(Nc2ccc(I)cc2)c1N. The molecule has 0 aliphatic carbocycles. The number of halogens is 1. The highest BCUT2D eigenvalue weighted by atomic mass is 127. The van der Waals surface area contributed by atoms with E-state index >= 15 is 0 Å². The molecule has 0 saturated heterocycles. The number of anilines is 4. The maximum Gasteiger partial charge on any atom is 0.159 e. The molecular formula is C13H16IN5O. The zero-order valence-electron chi connectivity index (χ0n) is 11.1. The first-order valence-corrected chi connectivity index (χ1v) is 7.14. The summed E-state index contributed by atoms with van der Waals surface area (Å²) in [7, 11) is 1.65. The van der Waals surface area contributed by atoms with Gasteiger partial charge in [-0.05, 0) is 46.9 Å². The molecule has 0 unspecified atom stereocenters. The lowest BCUT2D eigenvalue weighted by atomic mass is 10.3. The number of nitrogen functional groups attached to an aromatic ring is 1. The molecule has 1 aromatic carbocycles. The Balaban J connectivity index is 2.11. The van der Waals surface area contributed by atoms with Crippen LogP contribution in [0.3, 0.4) is 0 Å². The zero-order valence-corrected chi connectivity index (χ0v) is 13.2. The minimum Gasteiger partial charge on any atom is -0.393 e. The lowest BCUT2D eigenvalue weighted by Crippen LogP contribution is -2.12. The van der Waals surface area contributed by atoms with Crippen LogP contribution in [0.15, 0.2) is 30.6 Å². The van der Waals surface area contributed by atoms with Crippen molar-refractivity contribution in [3.8, 4) is 0 Å². The maximum atomic E-state index is 6.05. The second kappa shape index (κ2) is 7.25. The summed E-state index contributed by atoms with van der Waals surface area (Å²) in [4.78, 5) is 8.29. The fourth-order valence-electron chi connectivity index (χ4n) is 1.58. The van der Waals surface area contributed by atoms with Crippen molar-refractivity contribution < 1.29 is 4.74 Å². The van der Waals surface area contributed by atoms with Gasteiger partial charge >= 0.3 is 0 Å². The number of nitrogens with one attached hydrogen (secondary N) is 2. The van der Waals surface area contributed by atoms with Gasteiger partial charge in [0.1, 0.15) is 12.0 Å². The molecule has 20 heavy (non-hydrogen) atoms. The summed E-state index contributed by atoms with van der Waals surface area (Å²) < 4.78 is 6.15. The normalized spacial score (nSPS) is 10.3. The van der Waals surface area contributed by atoms with E-state index in [2.05, 4.69) is 43.2 Å². The van der Waals surface area contributed by atoms with E-state index in [4.69, 9.17) is 10.5 Å². The van der Waals surface area contributed by atoms with E-state index in [1.165, 1.54) is 9.90 Å². The van der Waals surface area contributed by atoms with Crippen LogP contribution in [-0.2, 0) is 4.74 Å². The van der Waals surface area contributed by atoms with Gasteiger partial charge < -0.3 is 21.1 Å². The van der Waals surface area contributed by atoms with Crippen molar-refractivity contribution >= 4 is 45.6 Å². The Labute approximate surface area is 131 Å². The molecule has 0 spiro atoms. The van der Waals surface area contributed by atoms with Gasteiger partial charge in [-0.3, -0.25) is 0 Å². The number of rotatable bonds is 6. The molecule has 0 atom stereocenters. The lowest BCUT2D eigenvalue weighted by Gasteiger charge is -2.12. The van der Waals surface area contributed by atoms with E-state index in [1.807, 2.05) is 24.3 Å². The summed E-state index contributed by atoms with van der Waals surface area (Å²) in [5.74, 6) is 1.19. The van der Waals surface area contributed by atoms with Gasteiger partial charge in [0.2, 0.25) is 0 Å². The number of benzene rings is 1. The van der Waals surface area contributed by atoms with Crippen LogP contribution in [-0.4, -0.2) is 30.2 Å². The Morgan fingerprint density at radius 2 is 1.90 bits per heavy atom. The molecule has 0 fully saturated rings. The number of ether oxygens (including phenoxy) is 1. The average Bonchev–Trinajstić information content (AvgIpc) is 2.45. The molecule has 1 aromatic heterocycles. The molecule has 2 aromatic rings. The topological polar surface area (TPSA) is 85.1 Å². The molecule has 6 nitrogen and oxygen atoms in total. The van der Waals surface area contributed by atoms with E-state index in [-0.39, 0.29) is 0 Å². The smallest absolute Gasteiger partial charge is 0.159 e. The van der Waals surface area contributed by atoms with Crippen LogP contribution in [0.4, 0.5) is 23.0 Å². The van der Waals surface area contributed by atoms with Crippen molar-refractivity contribution in [1.82, 2.24) is 9.97 Å². The van der Waals surface area contributed by atoms with E-state index in [0.29, 0.717) is 30.5 Å². The molecule has 0 amide bonds. The van der Waals surface area contributed by atoms with Gasteiger partial charge in [0.05, 0.1) is 6.61 Å². The summed E-state index contributed by atoms with van der Waals surface area (Å²) in [5.41, 5.74) is 7.47.